The van der Waals surface area contributed by atoms with Gasteiger partial charge in [-0.1, -0.05) is 23.4 Å². The molecule has 1 heterocycles. The number of aromatic nitrogens is 3. The summed E-state index contributed by atoms with van der Waals surface area (Å²) in [5.41, 5.74) is 1.31. The third-order valence-corrected chi connectivity index (χ3v) is 1.89. The van der Waals surface area contributed by atoms with Crippen LogP contribution in [0.15, 0.2) is 36.5 Å². The van der Waals surface area contributed by atoms with Gasteiger partial charge in [-0.15, -0.1) is 5.10 Å². The Balaban J connectivity index is 2.24. The van der Waals surface area contributed by atoms with Gasteiger partial charge in [0.2, 0.25) is 0 Å². The summed E-state index contributed by atoms with van der Waals surface area (Å²) in [4.78, 5) is 10.4. The highest BCUT2D eigenvalue weighted by Gasteiger charge is 2.05. The zero-order valence-corrected chi connectivity index (χ0v) is 7.87. The van der Waals surface area contributed by atoms with Gasteiger partial charge >= 0.3 is 5.97 Å². The van der Waals surface area contributed by atoms with E-state index in [2.05, 4.69) is 10.3 Å². The van der Waals surface area contributed by atoms with E-state index in [0.717, 1.165) is 5.69 Å². The molecule has 0 aliphatic rings. The molecule has 1 aromatic heterocycles. The van der Waals surface area contributed by atoms with Crippen molar-refractivity contribution in [3.63, 3.8) is 0 Å². The van der Waals surface area contributed by atoms with E-state index in [1.165, 1.54) is 0 Å². The summed E-state index contributed by atoms with van der Waals surface area (Å²) >= 11 is 0. The van der Waals surface area contributed by atoms with Gasteiger partial charge in [-0.05, 0) is 12.1 Å². The van der Waals surface area contributed by atoms with Crippen molar-refractivity contribution in [2.45, 2.75) is 6.42 Å². The quantitative estimate of drug-likeness (QED) is 0.804. The average Bonchev–Trinajstić information content (AvgIpc) is 2.67. The molecule has 0 spiro atoms. The summed E-state index contributed by atoms with van der Waals surface area (Å²) in [5, 5.41) is 16.2. The zero-order chi connectivity index (χ0) is 10.7. The molecular formula is C10H9N3O2. The Kier molecular flexibility index (Phi) is 2.45. The molecule has 1 aromatic carbocycles. The first-order valence-corrected chi connectivity index (χ1v) is 4.44. The Morgan fingerprint density at radius 2 is 2.07 bits per heavy atom. The number of nitrogens with zero attached hydrogens (tertiary/aromatic N) is 3. The van der Waals surface area contributed by atoms with Crippen molar-refractivity contribution in [1.82, 2.24) is 15.0 Å². The molecule has 0 radical (unpaired) electrons. The second-order valence-corrected chi connectivity index (χ2v) is 3.06. The fourth-order valence-electron chi connectivity index (χ4n) is 1.24. The number of hydrogen-bond donors (Lipinski definition) is 1. The zero-order valence-electron chi connectivity index (χ0n) is 7.87. The van der Waals surface area contributed by atoms with Crippen LogP contribution in [0.5, 0.6) is 0 Å². The highest BCUT2D eigenvalue weighted by molar-refractivity contribution is 5.69. The summed E-state index contributed by atoms with van der Waals surface area (Å²) in [7, 11) is 0. The number of carbonyl (C=O) groups is 1. The molecule has 0 saturated carbocycles. The molecule has 5 heteroatoms. The van der Waals surface area contributed by atoms with Gasteiger partial charge in [0.05, 0.1) is 24.0 Å². The van der Waals surface area contributed by atoms with E-state index in [1.54, 1.807) is 10.9 Å². The largest absolute Gasteiger partial charge is 0.481 e. The summed E-state index contributed by atoms with van der Waals surface area (Å²) in [5.74, 6) is -0.907. The van der Waals surface area contributed by atoms with Crippen molar-refractivity contribution in [1.29, 1.82) is 0 Å². The second-order valence-electron chi connectivity index (χ2n) is 3.06. The normalized spacial score (nSPS) is 10.1. The fourth-order valence-corrected chi connectivity index (χ4v) is 1.24. The lowest BCUT2D eigenvalue weighted by atomic mass is 10.3. The van der Waals surface area contributed by atoms with Crippen molar-refractivity contribution in [3.8, 4) is 5.69 Å². The maximum absolute atomic E-state index is 10.4. The minimum absolute atomic E-state index is 0.104. The van der Waals surface area contributed by atoms with Crippen LogP contribution in [-0.2, 0) is 11.2 Å². The fraction of sp³-hybridized carbons (Fsp3) is 0.100. The minimum atomic E-state index is -0.907. The number of benzene rings is 1. The first-order chi connectivity index (χ1) is 7.25. The van der Waals surface area contributed by atoms with Crippen molar-refractivity contribution in [2.75, 3.05) is 0 Å². The Morgan fingerprint density at radius 1 is 1.33 bits per heavy atom. The summed E-state index contributed by atoms with van der Waals surface area (Å²) in [6, 6.07) is 9.42. The molecule has 0 bridgehead atoms. The van der Waals surface area contributed by atoms with Gasteiger partial charge in [-0.25, -0.2) is 4.68 Å². The van der Waals surface area contributed by atoms with Crippen molar-refractivity contribution in [2.24, 2.45) is 0 Å². The summed E-state index contributed by atoms with van der Waals surface area (Å²) < 4.78 is 1.55. The smallest absolute Gasteiger partial charge is 0.309 e. The Hall–Kier alpha value is -2.17. The predicted molar refractivity (Wildman–Crippen MR) is 52.7 cm³/mol. The highest BCUT2D eigenvalue weighted by atomic mass is 16.4. The van der Waals surface area contributed by atoms with Crippen LogP contribution >= 0.6 is 0 Å². The van der Waals surface area contributed by atoms with Gasteiger partial charge in [0, 0.05) is 0 Å². The number of rotatable bonds is 3. The summed E-state index contributed by atoms with van der Waals surface area (Å²) in [6.45, 7) is 0. The first-order valence-electron chi connectivity index (χ1n) is 4.44. The lowest BCUT2D eigenvalue weighted by Crippen LogP contribution is -1.99. The molecule has 0 atom stereocenters. The number of para-hydroxylation sites is 1. The lowest BCUT2D eigenvalue weighted by molar-refractivity contribution is -0.136. The van der Waals surface area contributed by atoms with Gasteiger partial charge in [-0.3, -0.25) is 4.79 Å². The van der Waals surface area contributed by atoms with Crippen LogP contribution in [0, 0.1) is 0 Å². The van der Waals surface area contributed by atoms with Crippen LogP contribution in [-0.4, -0.2) is 26.1 Å². The standard InChI is InChI=1S/C10H9N3O2/c14-10(15)6-8-7-13(12-11-8)9-4-2-1-3-5-9/h1-5,7H,6H2,(H,14,15). The van der Waals surface area contributed by atoms with E-state index < -0.39 is 5.97 Å². The SMILES string of the molecule is O=C(O)Cc1cn(-c2ccccc2)nn1. The van der Waals surface area contributed by atoms with E-state index in [-0.39, 0.29) is 6.42 Å². The Labute approximate surface area is 86.0 Å². The minimum Gasteiger partial charge on any atom is -0.481 e. The van der Waals surface area contributed by atoms with Gasteiger partial charge in [0.25, 0.3) is 0 Å². The topological polar surface area (TPSA) is 68.0 Å². The molecule has 0 unspecified atom stereocenters. The third-order valence-electron chi connectivity index (χ3n) is 1.89. The van der Waals surface area contributed by atoms with Gasteiger partial charge in [0.15, 0.2) is 0 Å². The molecule has 15 heavy (non-hydrogen) atoms. The lowest BCUT2D eigenvalue weighted by Gasteiger charge is -1.96. The molecular weight excluding hydrogens is 194 g/mol. The summed E-state index contributed by atoms with van der Waals surface area (Å²) in [6.07, 6.45) is 1.51. The molecule has 2 rings (SSSR count). The van der Waals surface area contributed by atoms with Crippen LogP contribution in [0.2, 0.25) is 0 Å². The Morgan fingerprint density at radius 3 is 2.73 bits per heavy atom. The van der Waals surface area contributed by atoms with E-state index in [0.29, 0.717) is 5.69 Å². The highest BCUT2D eigenvalue weighted by Crippen LogP contribution is 2.05. The molecule has 2 aromatic rings. The van der Waals surface area contributed by atoms with Crippen LogP contribution in [0.4, 0.5) is 0 Å². The predicted octanol–water partition coefficient (Wildman–Crippen LogP) is 0.894. The van der Waals surface area contributed by atoms with Crippen LogP contribution in [0.1, 0.15) is 5.69 Å². The number of carboxylic acids is 1. The molecule has 1 N–H and O–H groups in total. The maximum Gasteiger partial charge on any atom is 0.309 e. The number of carboxylic acid groups (broad SMARTS) is 1. The van der Waals surface area contributed by atoms with E-state index in [9.17, 15) is 4.79 Å². The van der Waals surface area contributed by atoms with Crippen molar-refractivity contribution < 1.29 is 9.90 Å². The molecule has 0 aliphatic carbocycles. The van der Waals surface area contributed by atoms with Crippen LogP contribution in [0.3, 0.4) is 0 Å². The van der Waals surface area contributed by atoms with Crippen molar-refractivity contribution in [3.05, 3.63) is 42.2 Å². The van der Waals surface area contributed by atoms with E-state index >= 15 is 0 Å². The molecule has 0 amide bonds. The monoisotopic (exact) mass is 203 g/mol. The van der Waals surface area contributed by atoms with Crippen molar-refractivity contribution >= 4 is 5.97 Å². The molecule has 5 nitrogen and oxygen atoms in total. The van der Waals surface area contributed by atoms with Crippen LogP contribution in [0.25, 0.3) is 5.69 Å². The molecule has 0 fully saturated rings. The third kappa shape index (κ3) is 2.19. The van der Waals surface area contributed by atoms with E-state index in [4.69, 9.17) is 5.11 Å². The van der Waals surface area contributed by atoms with E-state index in [1.807, 2.05) is 30.3 Å². The maximum atomic E-state index is 10.4. The molecule has 0 aliphatic heterocycles. The second kappa shape index (κ2) is 3.91. The number of hydrogen-bond acceptors (Lipinski definition) is 3. The average molecular weight is 203 g/mol. The first kappa shape index (κ1) is 9.39. The van der Waals surface area contributed by atoms with Gasteiger partial charge < -0.3 is 5.11 Å². The molecule has 76 valence electrons. The van der Waals surface area contributed by atoms with Gasteiger partial charge in [0.1, 0.15) is 0 Å². The van der Waals surface area contributed by atoms with Crippen LogP contribution < -0.4 is 0 Å². The van der Waals surface area contributed by atoms with Gasteiger partial charge in [-0.2, -0.15) is 0 Å². The Bertz CT molecular complexity index is 465. The number of aliphatic carboxylic acids is 1. The molecule has 0 saturated heterocycles.